The van der Waals surface area contributed by atoms with Gasteiger partial charge in [0.25, 0.3) is 0 Å². The molecule has 2 aromatic rings. The molecule has 0 aromatic carbocycles. The molecule has 0 aliphatic rings. The smallest absolute Gasteiger partial charge is 0.0949 e. The number of nitrogens with two attached hydrogens (primary N) is 1. The van der Waals surface area contributed by atoms with E-state index in [1.54, 1.807) is 11.3 Å². The van der Waals surface area contributed by atoms with Crippen LogP contribution in [0.25, 0.3) is 0 Å². The summed E-state index contributed by atoms with van der Waals surface area (Å²) < 4.78 is 1.89. The first-order valence-electron chi connectivity index (χ1n) is 6.08. The van der Waals surface area contributed by atoms with Crippen LogP contribution < -0.4 is 5.73 Å². The van der Waals surface area contributed by atoms with Crippen molar-refractivity contribution in [3.63, 3.8) is 0 Å². The molecule has 0 saturated heterocycles. The van der Waals surface area contributed by atoms with E-state index in [9.17, 15) is 0 Å². The summed E-state index contributed by atoms with van der Waals surface area (Å²) in [5, 5.41) is 5.53. The Morgan fingerprint density at radius 2 is 1.89 bits per heavy atom. The lowest BCUT2D eigenvalue weighted by atomic mass is 10.0. The van der Waals surface area contributed by atoms with Gasteiger partial charge in [-0.05, 0) is 27.7 Å². The fourth-order valence-electron chi connectivity index (χ4n) is 2.24. The maximum absolute atomic E-state index is 6.31. The van der Waals surface area contributed by atoms with Crippen LogP contribution in [-0.2, 0) is 13.5 Å². The molecule has 2 N–H and O–H groups in total. The molecule has 0 bridgehead atoms. The lowest BCUT2D eigenvalue weighted by molar-refractivity contribution is 0.697. The molecule has 0 spiro atoms. The number of thiazole rings is 1. The summed E-state index contributed by atoms with van der Waals surface area (Å²) in [6.45, 7) is 8.22. The van der Waals surface area contributed by atoms with Gasteiger partial charge in [0.05, 0.1) is 16.4 Å². The first-order chi connectivity index (χ1) is 8.40. The Morgan fingerprint density at radius 1 is 1.22 bits per heavy atom. The Bertz CT molecular complexity index is 548. The van der Waals surface area contributed by atoms with E-state index in [4.69, 9.17) is 5.73 Å². The number of nitrogens with zero attached hydrogens (tertiary/aromatic N) is 3. The van der Waals surface area contributed by atoms with Crippen molar-refractivity contribution in [2.75, 3.05) is 0 Å². The van der Waals surface area contributed by atoms with Crippen molar-refractivity contribution in [1.82, 2.24) is 14.8 Å². The minimum atomic E-state index is -0.0244. The minimum Gasteiger partial charge on any atom is -0.323 e. The maximum atomic E-state index is 6.31. The van der Waals surface area contributed by atoms with Crippen LogP contribution in [0.3, 0.4) is 0 Å². The number of hydrogen-bond donors (Lipinski definition) is 1. The molecule has 0 aliphatic heterocycles. The maximum Gasteiger partial charge on any atom is 0.0949 e. The zero-order valence-electron chi connectivity index (χ0n) is 11.6. The van der Waals surface area contributed by atoms with E-state index in [0.29, 0.717) is 0 Å². The highest BCUT2D eigenvalue weighted by Crippen LogP contribution is 2.25. The van der Waals surface area contributed by atoms with Gasteiger partial charge >= 0.3 is 0 Å². The molecule has 4 nitrogen and oxygen atoms in total. The van der Waals surface area contributed by atoms with Gasteiger partial charge in [0.15, 0.2) is 0 Å². The molecule has 2 aromatic heterocycles. The van der Waals surface area contributed by atoms with Crippen molar-refractivity contribution < 1.29 is 0 Å². The van der Waals surface area contributed by atoms with Gasteiger partial charge < -0.3 is 5.73 Å². The van der Waals surface area contributed by atoms with Crippen molar-refractivity contribution in [3.05, 3.63) is 32.5 Å². The van der Waals surface area contributed by atoms with E-state index in [-0.39, 0.29) is 6.04 Å². The van der Waals surface area contributed by atoms with Crippen molar-refractivity contribution in [2.45, 2.75) is 40.2 Å². The van der Waals surface area contributed by atoms with Crippen LogP contribution in [0.4, 0.5) is 0 Å². The Labute approximate surface area is 112 Å². The monoisotopic (exact) mass is 264 g/mol. The van der Waals surface area contributed by atoms with E-state index in [2.05, 4.69) is 23.9 Å². The topological polar surface area (TPSA) is 56.7 Å². The molecular formula is C13H20N4S. The highest BCUT2D eigenvalue weighted by molar-refractivity contribution is 7.11. The SMILES string of the molecule is Cc1nc(CC(N)c2c(C)nn(C)c2C)sc1C. The zero-order chi connectivity index (χ0) is 13.4. The largest absolute Gasteiger partial charge is 0.323 e. The zero-order valence-corrected chi connectivity index (χ0v) is 12.4. The Hall–Kier alpha value is -1.20. The summed E-state index contributed by atoms with van der Waals surface area (Å²) in [4.78, 5) is 5.83. The number of rotatable bonds is 3. The predicted molar refractivity (Wildman–Crippen MR) is 74.9 cm³/mol. The standard InChI is InChI=1S/C13H20N4S/c1-7-10(4)18-12(15-7)6-11(14)13-8(2)16-17(5)9(13)3/h11H,6,14H2,1-5H3. The average molecular weight is 264 g/mol. The first-order valence-corrected chi connectivity index (χ1v) is 6.90. The van der Waals surface area contributed by atoms with E-state index < -0.39 is 0 Å². The van der Waals surface area contributed by atoms with Gasteiger partial charge in [-0.2, -0.15) is 5.10 Å². The van der Waals surface area contributed by atoms with Gasteiger partial charge in [-0.25, -0.2) is 4.98 Å². The van der Waals surface area contributed by atoms with Crippen molar-refractivity contribution >= 4 is 11.3 Å². The molecule has 0 fully saturated rings. The summed E-state index contributed by atoms with van der Waals surface area (Å²) in [6, 6.07) is -0.0244. The molecule has 98 valence electrons. The van der Waals surface area contributed by atoms with Crippen LogP contribution in [-0.4, -0.2) is 14.8 Å². The molecule has 18 heavy (non-hydrogen) atoms. The molecule has 0 aliphatic carbocycles. The highest BCUT2D eigenvalue weighted by atomic mass is 32.1. The Balaban J connectivity index is 2.24. The molecule has 5 heteroatoms. The van der Waals surface area contributed by atoms with E-state index >= 15 is 0 Å². The molecule has 2 rings (SSSR count). The summed E-state index contributed by atoms with van der Waals surface area (Å²) in [6.07, 6.45) is 0.784. The Kier molecular flexibility index (Phi) is 3.54. The first kappa shape index (κ1) is 13.2. The van der Waals surface area contributed by atoms with E-state index in [1.165, 1.54) is 4.88 Å². The Morgan fingerprint density at radius 3 is 2.33 bits per heavy atom. The van der Waals surface area contributed by atoms with Gasteiger partial charge in [0.2, 0.25) is 0 Å². The van der Waals surface area contributed by atoms with Gasteiger partial charge in [0, 0.05) is 35.6 Å². The lowest BCUT2D eigenvalue weighted by Gasteiger charge is -2.10. The molecular weight excluding hydrogens is 244 g/mol. The summed E-state index contributed by atoms with van der Waals surface area (Å²) in [5.41, 5.74) is 10.7. The van der Waals surface area contributed by atoms with E-state index in [0.717, 1.165) is 34.1 Å². The number of aromatic nitrogens is 3. The number of aryl methyl sites for hydroxylation is 4. The average Bonchev–Trinajstić information content (AvgIpc) is 2.69. The minimum absolute atomic E-state index is 0.0244. The van der Waals surface area contributed by atoms with Crippen LogP contribution >= 0.6 is 11.3 Å². The molecule has 0 amide bonds. The van der Waals surface area contributed by atoms with E-state index in [1.807, 2.05) is 25.6 Å². The molecule has 1 atom stereocenters. The predicted octanol–water partition coefficient (Wildman–Crippen LogP) is 2.35. The summed E-state index contributed by atoms with van der Waals surface area (Å²) in [7, 11) is 1.95. The van der Waals surface area contributed by atoms with Crippen LogP contribution in [0.5, 0.6) is 0 Å². The van der Waals surface area contributed by atoms with Crippen LogP contribution in [0.1, 0.15) is 38.6 Å². The van der Waals surface area contributed by atoms with Gasteiger partial charge in [0.1, 0.15) is 0 Å². The molecule has 0 radical (unpaired) electrons. The van der Waals surface area contributed by atoms with Crippen molar-refractivity contribution in [3.8, 4) is 0 Å². The quantitative estimate of drug-likeness (QED) is 0.926. The molecule has 1 unspecified atom stereocenters. The second-order valence-corrected chi connectivity index (χ2v) is 6.06. The number of hydrogen-bond acceptors (Lipinski definition) is 4. The van der Waals surface area contributed by atoms with Crippen LogP contribution in [0.15, 0.2) is 0 Å². The van der Waals surface area contributed by atoms with Crippen LogP contribution in [0, 0.1) is 27.7 Å². The van der Waals surface area contributed by atoms with Crippen molar-refractivity contribution in [2.24, 2.45) is 12.8 Å². The summed E-state index contributed by atoms with van der Waals surface area (Å²) in [5.74, 6) is 0. The third-order valence-electron chi connectivity index (χ3n) is 3.40. The van der Waals surface area contributed by atoms with Crippen molar-refractivity contribution in [1.29, 1.82) is 0 Å². The fourth-order valence-corrected chi connectivity index (χ4v) is 3.24. The van der Waals surface area contributed by atoms with Gasteiger partial charge in [-0.1, -0.05) is 0 Å². The van der Waals surface area contributed by atoms with Crippen LogP contribution in [0.2, 0.25) is 0 Å². The third kappa shape index (κ3) is 2.33. The van der Waals surface area contributed by atoms with Gasteiger partial charge in [-0.15, -0.1) is 11.3 Å². The molecule has 0 saturated carbocycles. The highest BCUT2D eigenvalue weighted by Gasteiger charge is 2.18. The fraction of sp³-hybridized carbons (Fsp3) is 0.538. The lowest BCUT2D eigenvalue weighted by Crippen LogP contribution is -2.15. The second-order valence-electron chi connectivity index (χ2n) is 4.77. The third-order valence-corrected chi connectivity index (χ3v) is 4.50. The second kappa shape index (κ2) is 4.82. The normalized spacial score (nSPS) is 13.0. The summed E-state index contributed by atoms with van der Waals surface area (Å²) >= 11 is 1.74. The van der Waals surface area contributed by atoms with Gasteiger partial charge in [-0.3, -0.25) is 4.68 Å². The molecule has 2 heterocycles.